The van der Waals surface area contributed by atoms with Crippen LogP contribution in [-0.2, 0) is 0 Å². The molecule has 1 aromatic rings. The van der Waals surface area contributed by atoms with Gasteiger partial charge in [0.1, 0.15) is 0 Å². The van der Waals surface area contributed by atoms with Gasteiger partial charge in [-0.25, -0.2) is 0 Å². The third-order valence-electron chi connectivity index (χ3n) is 2.15. The van der Waals surface area contributed by atoms with Crippen LogP contribution in [0.2, 0.25) is 0 Å². The predicted molar refractivity (Wildman–Crippen MR) is 78.8 cm³/mol. The third-order valence-corrected chi connectivity index (χ3v) is 3.46. The van der Waals surface area contributed by atoms with E-state index >= 15 is 0 Å². The molecule has 92 valence electrons. The van der Waals surface area contributed by atoms with Crippen molar-refractivity contribution < 1.29 is 4.79 Å². The van der Waals surface area contributed by atoms with Crippen molar-refractivity contribution in [3.8, 4) is 0 Å². The van der Waals surface area contributed by atoms with E-state index in [1.807, 2.05) is 36.6 Å². The van der Waals surface area contributed by atoms with E-state index in [1.54, 1.807) is 29.6 Å². The van der Waals surface area contributed by atoms with E-state index in [4.69, 9.17) is 0 Å². The molecule has 0 saturated heterocycles. The van der Waals surface area contributed by atoms with Crippen LogP contribution in [0.4, 0.5) is 0 Å². The Labute approximate surface area is 111 Å². The average Bonchev–Trinajstić information content (AvgIpc) is 2.38. The monoisotopic (exact) mass is 267 g/mol. The largest absolute Gasteiger partial charge is 0.379 e. The molecule has 0 bridgehead atoms. The molecular weight excluding hydrogens is 250 g/mol. The first kappa shape index (κ1) is 14.2. The van der Waals surface area contributed by atoms with Crippen LogP contribution < -0.4 is 5.32 Å². The minimum Gasteiger partial charge on any atom is -0.379 e. The smallest absolute Gasteiger partial charge is 0.188 e. The highest BCUT2D eigenvalue weighted by atomic mass is 32.2. The molecule has 0 aliphatic heterocycles. The highest BCUT2D eigenvalue weighted by Crippen LogP contribution is 2.10. The number of carbonyl (C=O) groups excluding carboxylic acids is 1. The molecule has 0 fully saturated rings. The summed E-state index contributed by atoms with van der Waals surface area (Å²) in [5.74, 6) is 1.09. The normalized spacial score (nSPS) is 11.3. The van der Waals surface area contributed by atoms with Gasteiger partial charge < -0.3 is 5.32 Å². The summed E-state index contributed by atoms with van der Waals surface area (Å²) < 4.78 is 0. The molecule has 0 spiro atoms. The summed E-state index contributed by atoms with van der Waals surface area (Å²) in [5, 5.41) is 4.18. The second-order valence-corrected chi connectivity index (χ2v) is 5.20. The Morgan fingerprint density at radius 1 is 1.29 bits per heavy atom. The van der Waals surface area contributed by atoms with Crippen molar-refractivity contribution in [3.05, 3.63) is 47.0 Å². The fourth-order valence-electron chi connectivity index (χ4n) is 1.26. The molecule has 0 heterocycles. The fourth-order valence-corrected chi connectivity index (χ4v) is 2.04. The third kappa shape index (κ3) is 5.33. The first-order valence-corrected chi connectivity index (χ1v) is 7.97. The minimum atomic E-state index is 0.0478. The molecule has 0 aromatic heterocycles. The molecule has 1 aromatic carbocycles. The zero-order valence-electron chi connectivity index (χ0n) is 10.1. The van der Waals surface area contributed by atoms with Gasteiger partial charge in [-0.2, -0.15) is 11.8 Å². The summed E-state index contributed by atoms with van der Waals surface area (Å²) in [5.41, 5.74) is 0.728. The SMILES string of the molecule is CSCCNC(=CC(=O)c1ccccc1)SC. The van der Waals surface area contributed by atoms with Crippen LogP contribution in [0.15, 0.2) is 41.4 Å². The lowest BCUT2D eigenvalue weighted by molar-refractivity contribution is 0.104. The summed E-state index contributed by atoms with van der Waals surface area (Å²) in [6, 6.07) is 9.33. The standard InChI is InChI=1S/C13H17NOS2/c1-16-9-8-14-13(17-2)10-12(15)11-6-4-3-5-7-11/h3-7,10,14H,8-9H2,1-2H3. The maximum Gasteiger partial charge on any atom is 0.188 e. The number of nitrogens with one attached hydrogen (secondary N) is 1. The van der Waals surface area contributed by atoms with Gasteiger partial charge >= 0.3 is 0 Å². The molecule has 0 saturated carbocycles. The summed E-state index contributed by atoms with van der Waals surface area (Å²) in [7, 11) is 0. The Balaban J connectivity index is 2.62. The number of allylic oxidation sites excluding steroid dienone is 1. The second-order valence-electron chi connectivity index (χ2n) is 3.36. The van der Waals surface area contributed by atoms with E-state index in [1.165, 1.54) is 0 Å². The van der Waals surface area contributed by atoms with Gasteiger partial charge in [0.25, 0.3) is 0 Å². The molecule has 0 radical (unpaired) electrons. The van der Waals surface area contributed by atoms with Gasteiger partial charge in [0.15, 0.2) is 5.78 Å². The number of rotatable bonds is 7. The number of hydrogen-bond acceptors (Lipinski definition) is 4. The maximum atomic E-state index is 11.9. The molecule has 0 aliphatic rings. The summed E-state index contributed by atoms with van der Waals surface area (Å²) >= 11 is 3.35. The van der Waals surface area contributed by atoms with Crippen molar-refractivity contribution in [1.29, 1.82) is 0 Å². The van der Waals surface area contributed by atoms with Crippen molar-refractivity contribution >= 4 is 29.3 Å². The summed E-state index contributed by atoms with van der Waals surface area (Å²) in [6.07, 6.45) is 5.70. The van der Waals surface area contributed by atoms with Crippen LogP contribution in [0.1, 0.15) is 10.4 Å². The van der Waals surface area contributed by atoms with Gasteiger partial charge in [0.05, 0.1) is 5.03 Å². The lowest BCUT2D eigenvalue weighted by Crippen LogP contribution is -2.15. The number of hydrogen-bond donors (Lipinski definition) is 1. The molecule has 1 N–H and O–H groups in total. The van der Waals surface area contributed by atoms with E-state index < -0.39 is 0 Å². The first-order valence-electron chi connectivity index (χ1n) is 5.36. The van der Waals surface area contributed by atoms with Gasteiger partial charge in [-0.3, -0.25) is 4.79 Å². The van der Waals surface area contributed by atoms with Crippen LogP contribution in [0.3, 0.4) is 0 Å². The molecule has 17 heavy (non-hydrogen) atoms. The summed E-state index contributed by atoms with van der Waals surface area (Å²) in [4.78, 5) is 11.9. The van der Waals surface area contributed by atoms with Crippen LogP contribution in [0.25, 0.3) is 0 Å². The molecule has 0 amide bonds. The number of ketones is 1. The lowest BCUT2D eigenvalue weighted by atomic mass is 10.1. The average molecular weight is 267 g/mol. The quantitative estimate of drug-likeness (QED) is 0.467. The second kappa shape index (κ2) is 8.25. The molecule has 2 nitrogen and oxygen atoms in total. The van der Waals surface area contributed by atoms with E-state index in [0.29, 0.717) is 0 Å². The molecule has 0 unspecified atom stereocenters. The molecule has 0 aliphatic carbocycles. The van der Waals surface area contributed by atoms with Gasteiger partial charge in [0, 0.05) is 23.9 Å². The highest BCUT2D eigenvalue weighted by Gasteiger charge is 2.03. The van der Waals surface area contributed by atoms with Crippen molar-refractivity contribution in [2.24, 2.45) is 0 Å². The van der Waals surface area contributed by atoms with E-state index in [-0.39, 0.29) is 5.78 Å². The zero-order chi connectivity index (χ0) is 12.5. The van der Waals surface area contributed by atoms with Crippen molar-refractivity contribution in [2.75, 3.05) is 24.8 Å². The van der Waals surface area contributed by atoms with Crippen molar-refractivity contribution in [3.63, 3.8) is 0 Å². The van der Waals surface area contributed by atoms with Crippen LogP contribution >= 0.6 is 23.5 Å². The Morgan fingerprint density at radius 3 is 2.59 bits per heavy atom. The van der Waals surface area contributed by atoms with Crippen molar-refractivity contribution in [1.82, 2.24) is 5.32 Å². The number of thioether (sulfide) groups is 2. The molecule has 1 rings (SSSR count). The van der Waals surface area contributed by atoms with Crippen molar-refractivity contribution in [2.45, 2.75) is 0 Å². The Hall–Kier alpha value is -0.870. The highest BCUT2D eigenvalue weighted by molar-refractivity contribution is 8.02. The van der Waals surface area contributed by atoms with Gasteiger partial charge in [-0.1, -0.05) is 30.3 Å². The van der Waals surface area contributed by atoms with Gasteiger partial charge in [0.2, 0.25) is 0 Å². The number of benzene rings is 1. The van der Waals surface area contributed by atoms with Crippen LogP contribution in [-0.4, -0.2) is 30.6 Å². The predicted octanol–water partition coefficient (Wildman–Crippen LogP) is 3.03. The zero-order valence-corrected chi connectivity index (χ0v) is 11.7. The Morgan fingerprint density at radius 2 is 2.00 bits per heavy atom. The van der Waals surface area contributed by atoms with Gasteiger partial charge in [-0.15, -0.1) is 11.8 Å². The molecule has 0 atom stereocenters. The topological polar surface area (TPSA) is 29.1 Å². The summed E-state index contributed by atoms with van der Waals surface area (Å²) in [6.45, 7) is 0.885. The minimum absolute atomic E-state index is 0.0478. The van der Waals surface area contributed by atoms with Crippen LogP contribution in [0, 0.1) is 0 Å². The van der Waals surface area contributed by atoms with E-state index in [2.05, 4.69) is 11.6 Å². The van der Waals surface area contributed by atoms with Gasteiger partial charge in [-0.05, 0) is 12.5 Å². The van der Waals surface area contributed by atoms with Crippen LogP contribution in [0.5, 0.6) is 0 Å². The van der Waals surface area contributed by atoms with E-state index in [9.17, 15) is 4.79 Å². The number of carbonyl (C=O) groups is 1. The fraction of sp³-hybridized carbons (Fsp3) is 0.308. The van der Waals surface area contributed by atoms with E-state index in [0.717, 1.165) is 22.9 Å². The molecule has 4 heteroatoms. The Bertz CT molecular complexity index is 376. The lowest BCUT2D eigenvalue weighted by Gasteiger charge is -2.07. The first-order chi connectivity index (χ1) is 8.27. The Kier molecular flexibility index (Phi) is 6.89. The maximum absolute atomic E-state index is 11.9. The molecular formula is C13H17NOS2.